The van der Waals surface area contributed by atoms with E-state index in [-0.39, 0.29) is 0 Å². The van der Waals surface area contributed by atoms with Crippen LogP contribution in [0.15, 0.2) is 36.4 Å². The number of pyridine rings is 1. The number of hydrogen-bond acceptors (Lipinski definition) is 0. The number of hydrogen-bond donors (Lipinski definition) is 0. The fourth-order valence-electron chi connectivity index (χ4n) is 5.10. The Balaban J connectivity index is 1.91. The Kier molecular flexibility index (Phi) is 4.73. The molecular formula is C28H36N+. The van der Waals surface area contributed by atoms with Gasteiger partial charge in [-0.05, 0) is 92.0 Å². The molecule has 3 aromatic rings. The van der Waals surface area contributed by atoms with E-state index >= 15 is 0 Å². The van der Waals surface area contributed by atoms with Gasteiger partial charge in [0, 0.05) is 13.0 Å². The van der Waals surface area contributed by atoms with E-state index in [2.05, 4.69) is 83.5 Å². The standard InChI is InChI=1S/C28H36N/c1-18-14-19(2)21(4)26(15-18)27-25-9-8-23(17-24(25)16-20(3)29(27)7)22-10-12-28(5,6)13-11-22/h8-9,14-17,22H,10-13H2,1-7H3/q+1/i16D. The summed E-state index contributed by atoms with van der Waals surface area (Å²) in [7, 11) is 2.11. The first-order valence-corrected chi connectivity index (χ1v) is 11.1. The summed E-state index contributed by atoms with van der Waals surface area (Å²) >= 11 is 0. The maximum absolute atomic E-state index is 8.88. The highest BCUT2D eigenvalue weighted by atomic mass is 14.9. The Labute approximate surface area is 178 Å². The number of benzene rings is 2. The Morgan fingerprint density at radius 1 is 1.00 bits per heavy atom. The minimum atomic E-state index is 0.478. The highest BCUT2D eigenvalue weighted by Gasteiger charge is 2.28. The summed E-state index contributed by atoms with van der Waals surface area (Å²) in [6.45, 7) is 13.5. The van der Waals surface area contributed by atoms with Crippen LogP contribution in [0.4, 0.5) is 0 Å². The summed E-state index contributed by atoms with van der Waals surface area (Å²) in [5.41, 5.74) is 9.39. The molecule has 0 amide bonds. The van der Waals surface area contributed by atoms with Crippen molar-refractivity contribution in [3.05, 3.63) is 64.3 Å². The molecule has 0 N–H and O–H groups in total. The van der Waals surface area contributed by atoms with Crippen molar-refractivity contribution < 1.29 is 5.94 Å². The molecule has 0 unspecified atom stereocenters. The van der Waals surface area contributed by atoms with Crippen LogP contribution in [0.25, 0.3) is 22.0 Å². The molecule has 1 saturated carbocycles. The lowest BCUT2D eigenvalue weighted by molar-refractivity contribution is -0.665. The summed E-state index contributed by atoms with van der Waals surface area (Å²) in [5, 5.41) is 2.29. The average Bonchev–Trinajstić information content (AvgIpc) is 2.70. The first kappa shape index (κ1) is 18.9. The maximum Gasteiger partial charge on any atom is 0.220 e. The quantitative estimate of drug-likeness (QED) is 0.408. The van der Waals surface area contributed by atoms with Crippen molar-refractivity contribution in [3.8, 4) is 11.3 Å². The second-order valence-electron chi connectivity index (χ2n) is 10.1. The van der Waals surface area contributed by atoms with Gasteiger partial charge < -0.3 is 0 Å². The van der Waals surface area contributed by atoms with Crippen molar-refractivity contribution in [2.45, 2.75) is 73.1 Å². The van der Waals surface area contributed by atoms with E-state index in [1.165, 1.54) is 64.6 Å². The van der Waals surface area contributed by atoms with Crippen LogP contribution in [0.3, 0.4) is 0 Å². The van der Waals surface area contributed by atoms with Crippen molar-refractivity contribution in [2.75, 3.05) is 0 Å². The van der Waals surface area contributed by atoms with E-state index in [0.29, 0.717) is 17.4 Å². The molecule has 0 atom stereocenters. The van der Waals surface area contributed by atoms with Gasteiger partial charge in [-0.15, -0.1) is 0 Å². The van der Waals surface area contributed by atoms with E-state index in [1.807, 2.05) is 0 Å². The molecule has 1 aliphatic rings. The summed E-state index contributed by atoms with van der Waals surface area (Å²) in [4.78, 5) is 0. The zero-order chi connectivity index (χ0) is 21.8. The van der Waals surface area contributed by atoms with Gasteiger partial charge in [0.05, 0.1) is 12.3 Å². The third-order valence-corrected chi connectivity index (χ3v) is 7.33. The van der Waals surface area contributed by atoms with Crippen LogP contribution in [0.5, 0.6) is 0 Å². The lowest BCUT2D eigenvalue weighted by Crippen LogP contribution is -2.35. The van der Waals surface area contributed by atoms with Gasteiger partial charge in [-0.1, -0.05) is 37.6 Å². The molecule has 0 aliphatic heterocycles. The van der Waals surface area contributed by atoms with Crippen molar-refractivity contribution in [1.82, 2.24) is 0 Å². The summed E-state index contributed by atoms with van der Waals surface area (Å²) in [6.07, 6.45) is 5.10. The fraction of sp³-hybridized carbons (Fsp3) is 0.464. The Morgan fingerprint density at radius 2 is 1.69 bits per heavy atom. The zero-order valence-electron chi connectivity index (χ0n) is 20.2. The summed E-state index contributed by atoms with van der Waals surface area (Å²) in [5.74, 6) is 0.627. The number of nitrogens with zero attached hydrogens (tertiary/aromatic N) is 1. The molecule has 1 aromatic heterocycles. The minimum Gasteiger partial charge on any atom is -0.198 e. The lowest BCUT2D eigenvalue weighted by atomic mass is 9.71. The van der Waals surface area contributed by atoms with Crippen LogP contribution < -0.4 is 4.57 Å². The summed E-state index contributed by atoms with van der Waals surface area (Å²) in [6, 6.07) is 12.2. The predicted molar refractivity (Wildman–Crippen MR) is 124 cm³/mol. The van der Waals surface area contributed by atoms with Gasteiger partial charge in [-0.25, -0.2) is 0 Å². The van der Waals surface area contributed by atoms with Crippen LogP contribution in [0, 0.1) is 33.1 Å². The fourth-order valence-corrected chi connectivity index (χ4v) is 5.10. The molecule has 4 rings (SSSR count). The number of aromatic nitrogens is 1. The Bertz CT molecular complexity index is 1130. The number of rotatable bonds is 2. The van der Waals surface area contributed by atoms with Crippen molar-refractivity contribution >= 4 is 10.8 Å². The van der Waals surface area contributed by atoms with E-state index in [9.17, 15) is 0 Å². The number of fused-ring (bicyclic) bond motifs is 1. The molecule has 1 fully saturated rings. The number of aryl methyl sites for hydroxylation is 2. The highest BCUT2D eigenvalue weighted by Crippen LogP contribution is 2.43. The van der Waals surface area contributed by atoms with Crippen molar-refractivity contribution in [1.29, 1.82) is 0 Å². The largest absolute Gasteiger partial charge is 0.220 e. The lowest BCUT2D eigenvalue weighted by Gasteiger charge is -2.34. The first-order chi connectivity index (χ1) is 14.1. The molecular weight excluding hydrogens is 350 g/mol. The molecule has 29 heavy (non-hydrogen) atoms. The third kappa shape index (κ3) is 3.72. The normalized spacial score (nSPS) is 17.6. The van der Waals surface area contributed by atoms with E-state index in [4.69, 9.17) is 1.37 Å². The predicted octanol–water partition coefficient (Wildman–Crippen LogP) is 7.25. The maximum atomic E-state index is 8.88. The van der Waals surface area contributed by atoms with Crippen LogP contribution in [-0.2, 0) is 7.05 Å². The molecule has 1 heterocycles. The van der Waals surface area contributed by atoms with Gasteiger partial charge in [0.15, 0.2) is 5.69 Å². The SMILES string of the molecule is [2H]c1c(C)[n+](C)c(-c2cc(C)cc(C)c2C)c2ccc(C3CCC(C)(C)CC3)cc12. The Morgan fingerprint density at radius 3 is 2.38 bits per heavy atom. The van der Waals surface area contributed by atoms with Crippen LogP contribution >= 0.6 is 0 Å². The molecule has 0 bridgehead atoms. The van der Waals surface area contributed by atoms with Gasteiger partial charge in [-0.3, -0.25) is 0 Å². The van der Waals surface area contributed by atoms with Crippen LogP contribution in [-0.4, -0.2) is 0 Å². The van der Waals surface area contributed by atoms with Gasteiger partial charge >= 0.3 is 0 Å². The van der Waals surface area contributed by atoms with Gasteiger partial charge in [0.1, 0.15) is 7.05 Å². The molecule has 152 valence electrons. The van der Waals surface area contributed by atoms with Crippen LogP contribution in [0.2, 0.25) is 0 Å². The van der Waals surface area contributed by atoms with Crippen LogP contribution in [0.1, 0.15) is 74.8 Å². The molecule has 0 spiro atoms. The topological polar surface area (TPSA) is 3.88 Å². The molecule has 1 aliphatic carbocycles. The summed E-state index contributed by atoms with van der Waals surface area (Å²) < 4.78 is 11.1. The Hall–Kier alpha value is -2.15. The highest BCUT2D eigenvalue weighted by molar-refractivity contribution is 5.94. The molecule has 1 heteroatoms. The third-order valence-electron chi connectivity index (χ3n) is 7.33. The van der Waals surface area contributed by atoms with E-state index in [1.54, 1.807) is 0 Å². The second kappa shape index (κ2) is 7.27. The molecule has 0 saturated heterocycles. The minimum absolute atomic E-state index is 0.478. The monoisotopic (exact) mass is 387 g/mol. The van der Waals surface area contributed by atoms with E-state index in [0.717, 1.165) is 11.1 Å². The van der Waals surface area contributed by atoms with Gasteiger partial charge in [0.2, 0.25) is 5.69 Å². The van der Waals surface area contributed by atoms with E-state index < -0.39 is 0 Å². The smallest absolute Gasteiger partial charge is 0.198 e. The molecule has 1 nitrogen and oxygen atoms in total. The van der Waals surface area contributed by atoms with Gasteiger partial charge in [0.25, 0.3) is 0 Å². The molecule has 2 aromatic carbocycles. The first-order valence-electron chi connectivity index (χ1n) is 11.6. The van der Waals surface area contributed by atoms with Crippen molar-refractivity contribution in [3.63, 3.8) is 0 Å². The second-order valence-corrected chi connectivity index (χ2v) is 10.1. The van der Waals surface area contributed by atoms with Gasteiger partial charge in [-0.2, -0.15) is 4.57 Å². The van der Waals surface area contributed by atoms with Crippen molar-refractivity contribution in [2.24, 2.45) is 12.5 Å². The molecule has 0 radical (unpaired) electrons. The zero-order valence-corrected chi connectivity index (χ0v) is 19.2. The average molecular weight is 388 g/mol.